The molecule has 4 nitrogen and oxygen atoms in total. The molecule has 0 unspecified atom stereocenters. The number of rotatable bonds is 8. The van der Waals surface area contributed by atoms with E-state index in [0.717, 1.165) is 25.2 Å². The fourth-order valence-electron chi connectivity index (χ4n) is 1.51. The van der Waals surface area contributed by atoms with Crippen molar-refractivity contribution < 1.29 is 9.53 Å². The Morgan fingerprint density at radius 3 is 2.56 bits per heavy atom. The van der Waals surface area contributed by atoms with Crippen molar-refractivity contribution in [3.8, 4) is 0 Å². The second-order valence-electron chi connectivity index (χ2n) is 4.06. The molecule has 0 aliphatic carbocycles. The van der Waals surface area contributed by atoms with Gasteiger partial charge in [0.15, 0.2) is 0 Å². The summed E-state index contributed by atoms with van der Waals surface area (Å²) < 4.78 is 5.03. The van der Waals surface area contributed by atoms with Gasteiger partial charge in [0.05, 0.1) is 0 Å². The van der Waals surface area contributed by atoms with E-state index in [9.17, 15) is 4.79 Å². The molecule has 1 aromatic rings. The summed E-state index contributed by atoms with van der Waals surface area (Å²) >= 11 is 0. The monoisotopic (exact) mass is 250 g/mol. The Balaban J connectivity index is 2.37. The molecule has 0 saturated heterocycles. The Hall–Kier alpha value is -1.39. The number of nitrogens with one attached hydrogen (secondary N) is 2. The molecule has 2 N–H and O–H groups in total. The molecule has 18 heavy (non-hydrogen) atoms. The second-order valence-corrected chi connectivity index (χ2v) is 4.06. The van der Waals surface area contributed by atoms with Crippen LogP contribution in [0.25, 0.3) is 0 Å². The van der Waals surface area contributed by atoms with Crippen LogP contribution in [0.3, 0.4) is 0 Å². The minimum absolute atomic E-state index is 0.107. The molecule has 0 aliphatic heterocycles. The number of anilines is 1. The molecular weight excluding hydrogens is 228 g/mol. The normalized spacial score (nSPS) is 10.3. The van der Waals surface area contributed by atoms with Gasteiger partial charge < -0.3 is 15.4 Å². The number of hydrogen-bond acceptors (Lipinski definition) is 3. The van der Waals surface area contributed by atoms with Gasteiger partial charge in [-0.3, -0.25) is 4.79 Å². The van der Waals surface area contributed by atoms with Crippen molar-refractivity contribution in [1.29, 1.82) is 0 Å². The maximum Gasteiger partial charge on any atom is 0.250 e. The summed E-state index contributed by atoms with van der Waals surface area (Å²) in [5.41, 5.74) is 2.02. The molecule has 0 atom stereocenters. The molecule has 4 heteroatoms. The van der Waals surface area contributed by atoms with E-state index in [0.29, 0.717) is 6.61 Å². The Morgan fingerprint density at radius 1 is 1.22 bits per heavy atom. The Kier molecular flexibility index (Phi) is 7.06. The molecular formula is C14H22N2O2. The first-order valence-corrected chi connectivity index (χ1v) is 6.43. The molecule has 0 bridgehead atoms. The largest absolute Gasteiger partial charge is 0.372 e. The minimum atomic E-state index is -0.117. The molecule has 1 rings (SSSR count). The van der Waals surface area contributed by atoms with Crippen molar-refractivity contribution in [3.05, 3.63) is 29.8 Å². The van der Waals surface area contributed by atoms with E-state index in [1.54, 1.807) is 0 Å². The van der Waals surface area contributed by atoms with Crippen LogP contribution in [0.2, 0.25) is 0 Å². The Labute approximate surface area is 109 Å². The zero-order valence-corrected chi connectivity index (χ0v) is 11.2. The van der Waals surface area contributed by atoms with E-state index in [4.69, 9.17) is 4.74 Å². The topological polar surface area (TPSA) is 50.4 Å². The predicted octanol–water partition coefficient (Wildman–Crippen LogP) is 2.16. The van der Waals surface area contributed by atoms with Gasteiger partial charge in [0.1, 0.15) is 6.61 Å². The highest BCUT2D eigenvalue weighted by molar-refractivity contribution is 5.91. The number of hydrogen-bond donors (Lipinski definition) is 2. The molecule has 0 aromatic heterocycles. The summed E-state index contributed by atoms with van der Waals surface area (Å²) in [4.78, 5) is 11.4. The molecule has 100 valence electrons. The third-order valence-corrected chi connectivity index (χ3v) is 2.43. The van der Waals surface area contributed by atoms with Gasteiger partial charge in [0, 0.05) is 18.8 Å². The first-order valence-electron chi connectivity index (χ1n) is 6.43. The first kappa shape index (κ1) is 14.7. The number of benzene rings is 1. The molecule has 0 saturated carbocycles. The Morgan fingerprint density at radius 2 is 1.94 bits per heavy atom. The van der Waals surface area contributed by atoms with E-state index in [2.05, 4.69) is 17.6 Å². The van der Waals surface area contributed by atoms with Crippen LogP contribution >= 0.6 is 0 Å². The second kappa shape index (κ2) is 8.66. The van der Waals surface area contributed by atoms with Crippen molar-refractivity contribution in [2.24, 2.45) is 0 Å². The standard InChI is InChI=1S/C14H22N2O2/c1-3-9-15-10-12-5-7-13(8-6-12)16-14(17)11-18-4-2/h5-8,15H,3-4,9-11H2,1-2H3,(H,16,17). The van der Waals surface area contributed by atoms with Gasteiger partial charge in [-0.05, 0) is 37.6 Å². The van der Waals surface area contributed by atoms with Gasteiger partial charge >= 0.3 is 0 Å². The number of ether oxygens (including phenoxy) is 1. The maximum atomic E-state index is 11.4. The van der Waals surface area contributed by atoms with E-state index < -0.39 is 0 Å². The van der Waals surface area contributed by atoms with E-state index in [-0.39, 0.29) is 12.5 Å². The average molecular weight is 250 g/mol. The predicted molar refractivity (Wildman–Crippen MR) is 73.6 cm³/mol. The third kappa shape index (κ3) is 5.80. The van der Waals surface area contributed by atoms with Gasteiger partial charge in [-0.15, -0.1) is 0 Å². The quantitative estimate of drug-likeness (QED) is 0.695. The van der Waals surface area contributed by atoms with Crippen LogP contribution in [0.4, 0.5) is 5.69 Å². The lowest BCUT2D eigenvalue weighted by Crippen LogP contribution is -2.18. The fraction of sp³-hybridized carbons (Fsp3) is 0.500. The van der Waals surface area contributed by atoms with Crippen LogP contribution in [0, 0.1) is 0 Å². The van der Waals surface area contributed by atoms with Crippen molar-refractivity contribution in [2.75, 3.05) is 25.1 Å². The van der Waals surface area contributed by atoms with Gasteiger partial charge in [-0.2, -0.15) is 0 Å². The van der Waals surface area contributed by atoms with E-state index in [1.165, 1.54) is 5.56 Å². The van der Waals surface area contributed by atoms with Crippen LogP contribution < -0.4 is 10.6 Å². The molecule has 1 amide bonds. The van der Waals surface area contributed by atoms with Crippen molar-refractivity contribution in [3.63, 3.8) is 0 Å². The zero-order chi connectivity index (χ0) is 13.2. The Bertz CT molecular complexity index is 349. The fourth-order valence-corrected chi connectivity index (χ4v) is 1.51. The van der Waals surface area contributed by atoms with Gasteiger partial charge in [-0.1, -0.05) is 19.1 Å². The molecule has 0 fully saturated rings. The smallest absolute Gasteiger partial charge is 0.250 e. The van der Waals surface area contributed by atoms with Crippen molar-refractivity contribution in [2.45, 2.75) is 26.8 Å². The summed E-state index contributed by atoms with van der Waals surface area (Å²) in [5.74, 6) is -0.117. The van der Waals surface area contributed by atoms with Crippen LogP contribution in [-0.4, -0.2) is 25.7 Å². The highest BCUT2D eigenvalue weighted by Gasteiger charge is 2.01. The van der Waals surface area contributed by atoms with Crippen molar-refractivity contribution >= 4 is 11.6 Å². The average Bonchev–Trinajstić information content (AvgIpc) is 2.39. The molecule has 1 aromatic carbocycles. The van der Waals surface area contributed by atoms with Crippen LogP contribution in [0.5, 0.6) is 0 Å². The molecule has 0 spiro atoms. The van der Waals surface area contributed by atoms with Crippen LogP contribution in [0.15, 0.2) is 24.3 Å². The summed E-state index contributed by atoms with van der Waals surface area (Å²) in [7, 11) is 0. The minimum Gasteiger partial charge on any atom is -0.372 e. The summed E-state index contributed by atoms with van der Waals surface area (Å²) in [6.07, 6.45) is 1.13. The first-order chi connectivity index (χ1) is 8.76. The summed E-state index contributed by atoms with van der Waals surface area (Å²) in [5, 5.41) is 6.12. The van der Waals surface area contributed by atoms with Crippen LogP contribution in [0.1, 0.15) is 25.8 Å². The number of amides is 1. The SMILES string of the molecule is CCCNCc1ccc(NC(=O)COCC)cc1. The lowest BCUT2D eigenvalue weighted by atomic mass is 10.2. The zero-order valence-electron chi connectivity index (χ0n) is 11.2. The van der Waals surface area contributed by atoms with E-state index >= 15 is 0 Å². The highest BCUT2D eigenvalue weighted by atomic mass is 16.5. The summed E-state index contributed by atoms with van der Waals surface area (Å²) in [6.45, 7) is 6.55. The van der Waals surface area contributed by atoms with Crippen molar-refractivity contribution in [1.82, 2.24) is 5.32 Å². The van der Waals surface area contributed by atoms with Gasteiger partial charge in [0.2, 0.25) is 5.91 Å². The molecule has 0 heterocycles. The number of carbonyl (C=O) groups excluding carboxylic acids is 1. The van der Waals surface area contributed by atoms with Gasteiger partial charge in [-0.25, -0.2) is 0 Å². The van der Waals surface area contributed by atoms with E-state index in [1.807, 2.05) is 31.2 Å². The van der Waals surface area contributed by atoms with Gasteiger partial charge in [0.25, 0.3) is 0 Å². The highest BCUT2D eigenvalue weighted by Crippen LogP contribution is 2.09. The summed E-state index contributed by atoms with van der Waals surface area (Å²) in [6, 6.07) is 7.84. The lowest BCUT2D eigenvalue weighted by Gasteiger charge is -2.07. The molecule has 0 radical (unpaired) electrons. The molecule has 0 aliphatic rings. The van der Waals surface area contributed by atoms with Crippen LogP contribution in [-0.2, 0) is 16.1 Å². The third-order valence-electron chi connectivity index (χ3n) is 2.43. The maximum absolute atomic E-state index is 11.4. The lowest BCUT2D eigenvalue weighted by molar-refractivity contribution is -0.120. The number of carbonyl (C=O) groups is 1.